The maximum absolute atomic E-state index is 13.7. The van der Waals surface area contributed by atoms with Crippen molar-refractivity contribution in [3.05, 3.63) is 162 Å². The molecule has 0 bridgehead atoms. The fourth-order valence-electron chi connectivity index (χ4n) is 11.4. The monoisotopic (exact) mass is 1570 g/mol. The van der Waals surface area contributed by atoms with E-state index in [0.29, 0.717) is 43.7 Å². The van der Waals surface area contributed by atoms with Gasteiger partial charge in [0.05, 0.1) is 46.6 Å². The Labute approximate surface area is 664 Å². The number of methoxy groups -OCH3 is 3. The molecule has 0 unspecified atom stereocenters. The summed E-state index contributed by atoms with van der Waals surface area (Å²) in [5, 5.41) is 60.0. The molecule has 0 fully saturated rings. The van der Waals surface area contributed by atoms with E-state index in [1.165, 1.54) is 39.0 Å². The molecule has 0 aliphatic rings. The Balaban J connectivity index is 0.000000247. The Morgan fingerprint density at radius 2 is 0.772 bits per heavy atom. The van der Waals surface area contributed by atoms with Crippen molar-refractivity contribution in [2.45, 2.75) is 188 Å². The van der Waals surface area contributed by atoms with Crippen molar-refractivity contribution in [3.8, 4) is 67.5 Å². The van der Waals surface area contributed by atoms with Crippen LogP contribution in [0.3, 0.4) is 0 Å². The molecule has 32 heteroatoms. The number of nitrogens with two attached hydrogens (primary N) is 1. The van der Waals surface area contributed by atoms with Crippen LogP contribution in [0, 0.1) is 0 Å². The van der Waals surface area contributed by atoms with E-state index in [0.717, 1.165) is 120 Å². The molecular weight excluding hydrogens is 1460 g/mol. The summed E-state index contributed by atoms with van der Waals surface area (Å²) in [4.78, 5) is 99.2. The number of esters is 3. The second kappa shape index (κ2) is 47.2. The lowest BCUT2D eigenvalue weighted by Gasteiger charge is -2.29. The van der Waals surface area contributed by atoms with E-state index in [2.05, 4.69) is 138 Å². The molecule has 0 saturated heterocycles. The normalized spacial score (nSPS) is 11.7. The number of benzene rings is 6. The Morgan fingerprint density at radius 1 is 0.439 bits per heavy atom. The smallest absolute Gasteiger partial charge is 0.408 e. The molecule has 114 heavy (non-hydrogen) atoms. The third-order valence-electron chi connectivity index (χ3n) is 17.2. The summed E-state index contributed by atoms with van der Waals surface area (Å²) in [6.45, 7) is 20.3. The SMILES string of the molecule is CCCCCN(Cc1ccc(-c2ccccc2-c2nn[nH]n2)cc1)C(=O)[C@@H](N)CC(=O)OC.CCCCCN(Cc1ccc(-c2ccccc2-c2nn[nH]n2)cc1)C(=O)[C@H](CC(=O)OC)NC(=O)OC(C)(C)C.CCCCCNCc1ccc(-c2ccccc2-c2nn[nH]n2)cc1.COC(=O)C[C@H](NC(=O)OC(C)(C)C)C(=O)O. The van der Waals surface area contributed by atoms with Crippen molar-refractivity contribution < 1.29 is 67.1 Å². The Bertz CT molecular complexity index is 4400. The zero-order valence-electron chi connectivity index (χ0n) is 67.1. The number of aliphatic carboxylic acids is 1. The lowest BCUT2D eigenvalue weighted by Crippen LogP contribution is -2.50. The van der Waals surface area contributed by atoms with Gasteiger partial charge in [-0.05, 0) is 133 Å². The summed E-state index contributed by atoms with van der Waals surface area (Å²) in [5.74, 6) is -2.13. The third kappa shape index (κ3) is 31.2. The van der Waals surface area contributed by atoms with Gasteiger partial charge in [-0.3, -0.25) is 24.0 Å². The molecule has 9 aromatic rings. The first-order valence-electron chi connectivity index (χ1n) is 37.9. The average molecular weight is 1570 g/mol. The van der Waals surface area contributed by atoms with Crippen molar-refractivity contribution in [1.29, 1.82) is 0 Å². The highest BCUT2D eigenvalue weighted by molar-refractivity contribution is 5.90. The number of carbonyl (C=O) groups excluding carboxylic acids is 7. The van der Waals surface area contributed by atoms with E-state index >= 15 is 0 Å². The van der Waals surface area contributed by atoms with Gasteiger partial charge in [0.15, 0.2) is 0 Å². The summed E-state index contributed by atoms with van der Waals surface area (Å²) in [7, 11) is 3.67. The van der Waals surface area contributed by atoms with Crippen LogP contribution in [0.4, 0.5) is 9.59 Å². The van der Waals surface area contributed by atoms with Crippen LogP contribution >= 0.6 is 0 Å². The maximum Gasteiger partial charge on any atom is 0.408 e. The molecule has 0 aliphatic carbocycles. The molecular formula is C82H108N18O14. The minimum atomic E-state index is -1.36. The molecule has 9 rings (SSSR count). The number of rotatable bonds is 35. The maximum atomic E-state index is 13.7. The number of nitrogens with one attached hydrogen (secondary N) is 6. The molecule has 0 spiro atoms. The zero-order valence-corrected chi connectivity index (χ0v) is 67.1. The fourth-order valence-corrected chi connectivity index (χ4v) is 11.4. The molecule has 3 aromatic heterocycles. The second-order valence-electron chi connectivity index (χ2n) is 28.4. The molecule has 0 radical (unpaired) electrons. The summed E-state index contributed by atoms with van der Waals surface area (Å²) in [6, 6.07) is 44.9. The van der Waals surface area contributed by atoms with Crippen molar-refractivity contribution >= 4 is 47.9 Å². The highest BCUT2D eigenvalue weighted by Gasteiger charge is 2.32. The van der Waals surface area contributed by atoms with Gasteiger partial charge < -0.3 is 60.3 Å². The van der Waals surface area contributed by atoms with Crippen molar-refractivity contribution in [2.24, 2.45) is 5.73 Å². The van der Waals surface area contributed by atoms with Crippen LogP contribution in [0.1, 0.15) is 156 Å². The third-order valence-corrected chi connectivity index (χ3v) is 17.2. The number of hydrogen-bond acceptors (Lipinski definition) is 24. The van der Waals surface area contributed by atoms with Gasteiger partial charge in [-0.25, -0.2) is 14.4 Å². The lowest BCUT2D eigenvalue weighted by molar-refractivity contribution is -0.147. The minimum Gasteiger partial charge on any atom is -0.480 e. The van der Waals surface area contributed by atoms with Crippen LogP contribution < -0.4 is 21.7 Å². The van der Waals surface area contributed by atoms with Gasteiger partial charge in [0.1, 0.15) is 23.3 Å². The molecule has 4 amide bonds. The van der Waals surface area contributed by atoms with Gasteiger partial charge in [0.2, 0.25) is 29.3 Å². The lowest BCUT2D eigenvalue weighted by atomic mass is 9.98. The number of ether oxygens (including phenoxy) is 5. The minimum absolute atomic E-state index is 0.134. The molecule has 610 valence electrons. The number of unbranched alkanes of at least 4 members (excludes halogenated alkanes) is 6. The van der Waals surface area contributed by atoms with Crippen LogP contribution in [0.2, 0.25) is 0 Å². The fraction of sp³-hybridized carbons (Fsp3) is 0.427. The number of amides is 4. The number of hydrogen-bond donors (Lipinski definition) is 8. The first kappa shape index (κ1) is 90.7. The molecule has 0 aliphatic heterocycles. The molecule has 32 nitrogen and oxygen atoms in total. The molecule has 3 heterocycles. The van der Waals surface area contributed by atoms with E-state index < -0.39 is 71.8 Å². The summed E-state index contributed by atoms with van der Waals surface area (Å²) in [6.07, 6.45) is 6.89. The summed E-state index contributed by atoms with van der Waals surface area (Å²) >= 11 is 0. The van der Waals surface area contributed by atoms with E-state index in [4.69, 9.17) is 25.1 Å². The first-order chi connectivity index (χ1) is 54.7. The quantitative estimate of drug-likeness (QED) is 0.0104. The Kier molecular flexibility index (Phi) is 37.6. The highest BCUT2D eigenvalue weighted by atomic mass is 16.6. The number of carboxylic acids is 1. The molecule has 9 N–H and O–H groups in total. The van der Waals surface area contributed by atoms with Crippen molar-refractivity contribution in [3.63, 3.8) is 0 Å². The van der Waals surface area contributed by atoms with E-state index in [1.807, 2.05) is 115 Å². The topological polar surface area (TPSA) is 435 Å². The van der Waals surface area contributed by atoms with Crippen LogP contribution in [0.5, 0.6) is 0 Å². The van der Waals surface area contributed by atoms with Gasteiger partial charge in [-0.1, -0.05) is 205 Å². The first-order valence-corrected chi connectivity index (χ1v) is 37.9. The Hall–Kier alpha value is -12.2. The average Bonchev–Trinajstić information content (AvgIpc) is 1.35. The number of nitrogens with zero attached hydrogens (tertiary/aromatic N) is 11. The van der Waals surface area contributed by atoms with Crippen LogP contribution in [-0.2, 0) is 72.1 Å². The van der Waals surface area contributed by atoms with Gasteiger partial charge in [-0.2, -0.15) is 15.6 Å². The number of aromatic nitrogens is 12. The number of carbonyl (C=O) groups is 8. The molecule has 6 aromatic carbocycles. The van der Waals surface area contributed by atoms with Gasteiger partial charge in [-0.15, -0.1) is 30.6 Å². The number of tetrazole rings is 3. The molecule has 3 atom stereocenters. The van der Waals surface area contributed by atoms with Crippen molar-refractivity contribution in [1.82, 2.24) is 87.6 Å². The Morgan fingerprint density at radius 3 is 1.11 bits per heavy atom. The van der Waals surface area contributed by atoms with Crippen LogP contribution in [0.25, 0.3) is 67.5 Å². The van der Waals surface area contributed by atoms with Gasteiger partial charge in [0, 0.05) is 49.4 Å². The van der Waals surface area contributed by atoms with E-state index in [1.54, 1.807) is 51.3 Å². The molecule has 0 saturated carbocycles. The van der Waals surface area contributed by atoms with Crippen LogP contribution in [-0.4, -0.2) is 195 Å². The summed E-state index contributed by atoms with van der Waals surface area (Å²) in [5.41, 5.74) is 16.6. The van der Waals surface area contributed by atoms with E-state index in [-0.39, 0.29) is 24.7 Å². The number of aromatic amines is 3. The van der Waals surface area contributed by atoms with Gasteiger partial charge in [0.25, 0.3) is 0 Å². The second-order valence-corrected chi connectivity index (χ2v) is 28.4. The summed E-state index contributed by atoms with van der Waals surface area (Å²) < 4.78 is 24.0. The van der Waals surface area contributed by atoms with E-state index in [9.17, 15) is 38.4 Å². The largest absolute Gasteiger partial charge is 0.480 e. The van der Waals surface area contributed by atoms with Crippen LogP contribution in [0.15, 0.2) is 146 Å². The predicted molar refractivity (Wildman–Crippen MR) is 428 cm³/mol. The van der Waals surface area contributed by atoms with Gasteiger partial charge >= 0.3 is 36.1 Å². The predicted octanol–water partition coefficient (Wildman–Crippen LogP) is 11.8. The zero-order chi connectivity index (χ0) is 83.0. The number of H-pyrrole nitrogens is 3. The number of carboxylic acid groups (broad SMARTS) is 1. The number of alkyl carbamates (subject to hydrolysis) is 2. The standard InChI is InChI=1S/C29H38N6O5.C24H30N6O3.C19H23N5.C10H17NO6/c1-6-7-10-17-35(27(37)24(18-25(36)39-5)30-28(38)40-29(2,3)4)19-20-13-15-21(16-14-20)22-11-8-9-12-23(22)26-31-33-34-32-26;1-3-4-7-14-30(24(32)21(25)15-22(31)33-2)16-17-10-12-18(13-11-17)19-8-5-6-9-20(19)23-26-28-29-27-23;1-2-3-6-13-20-14-15-9-11-16(12-10-15)17-7-4-5-8-18(17)19-21-23-24-22-19;1-10(2,3)17-9(15)11-6(8(13)14)5-7(12)16-4/h8-9,11-16,24H,6-7,10,17-19H2,1-5H3,(H,30,38)(H,31,32,33,34);5-6,8-13,21H,3-4,7,14-16,25H2,1-2H3,(H,26,27,28,29);4-5,7-12,20H,2-3,6,13-14H2,1H3,(H,21,22,23,24);6H,5H2,1-4H3,(H,11,15)(H,13,14)/t24-;21-;;6-/m00.0/s1. The highest BCUT2D eigenvalue weighted by Crippen LogP contribution is 2.33. The van der Waals surface area contributed by atoms with Crippen molar-refractivity contribution in [2.75, 3.05) is 41.0 Å².